The van der Waals surface area contributed by atoms with Crippen molar-refractivity contribution in [2.24, 2.45) is 0 Å². The van der Waals surface area contributed by atoms with Crippen molar-refractivity contribution >= 4 is 29.1 Å². The summed E-state index contributed by atoms with van der Waals surface area (Å²) in [4.78, 5) is 51.0. The molecule has 7 heteroatoms. The van der Waals surface area contributed by atoms with Gasteiger partial charge in [0.1, 0.15) is 5.75 Å². The summed E-state index contributed by atoms with van der Waals surface area (Å²) in [6, 6.07) is 9.86. The molecule has 2 amide bonds. The summed E-state index contributed by atoms with van der Waals surface area (Å²) in [6.45, 7) is 6.59. The summed E-state index contributed by atoms with van der Waals surface area (Å²) in [6.07, 6.45) is 0. The van der Waals surface area contributed by atoms with Crippen LogP contribution >= 0.6 is 0 Å². The number of nitrogens with one attached hydrogen (secondary N) is 2. The number of carbonyl (C=O) groups is 4. The molecule has 0 saturated carbocycles. The van der Waals surface area contributed by atoms with E-state index in [9.17, 15) is 19.2 Å². The highest BCUT2D eigenvalue weighted by Gasteiger charge is 2.57. The summed E-state index contributed by atoms with van der Waals surface area (Å²) in [7, 11) is 1.45. The minimum atomic E-state index is -1.97. The Morgan fingerprint density at radius 2 is 1.70 bits per heavy atom. The first-order valence-corrected chi connectivity index (χ1v) is 9.60. The van der Waals surface area contributed by atoms with Crippen molar-refractivity contribution in [1.29, 1.82) is 0 Å². The van der Waals surface area contributed by atoms with Crippen LogP contribution in [0.4, 0.5) is 5.69 Å². The number of ketones is 2. The molecule has 0 heterocycles. The molecule has 3 rings (SSSR count). The number of amides is 2. The number of hydrogen-bond acceptors (Lipinski definition) is 5. The Kier molecular flexibility index (Phi) is 5.48. The van der Waals surface area contributed by atoms with Gasteiger partial charge in [-0.05, 0) is 23.6 Å². The van der Waals surface area contributed by atoms with Gasteiger partial charge in [-0.2, -0.15) is 0 Å². The molecule has 0 bridgehead atoms. The lowest BCUT2D eigenvalue weighted by atomic mass is 9.82. The van der Waals surface area contributed by atoms with Gasteiger partial charge < -0.3 is 15.4 Å². The van der Waals surface area contributed by atoms with Crippen LogP contribution < -0.4 is 15.4 Å². The standard InChI is InChI=1S/C23H24N2O5/c1-12(2)15-9-10-17(19(11-15)30-5)23(25-14(4)27)21(28)16-7-6-8-18(24-13(3)26)20(16)22(23)29/h6-12H,1-5H3,(H,24,26)(H,25,27). The monoisotopic (exact) mass is 408 g/mol. The Bertz CT molecular complexity index is 1070. The van der Waals surface area contributed by atoms with Crippen LogP contribution in [0, 0.1) is 0 Å². The number of benzene rings is 2. The number of Topliss-reactive ketones (excluding diaryl/α,β-unsaturated/α-hetero) is 2. The van der Waals surface area contributed by atoms with Crippen molar-refractivity contribution in [2.75, 3.05) is 12.4 Å². The number of methoxy groups -OCH3 is 1. The predicted octanol–water partition coefficient (Wildman–Crippen LogP) is 3.19. The lowest BCUT2D eigenvalue weighted by Gasteiger charge is -2.29. The van der Waals surface area contributed by atoms with Crippen molar-refractivity contribution in [1.82, 2.24) is 5.32 Å². The highest BCUT2D eigenvalue weighted by Crippen LogP contribution is 2.44. The molecule has 0 spiro atoms. The Labute approximate surface area is 174 Å². The summed E-state index contributed by atoms with van der Waals surface area (Å²) in [5, 5.41) is 5.19. The van der Waals surface area contributed by atoms with Gasteiger partial charge in [-0.25, -0.2) is 0 Å². The zero-order valence-corrected chi connectivity index (χ0v) is 17.6. The third-order valence-electron chi connectivity index (χ3n) is 5.19. The number of carbonyl (C=O) groups excluding carboxylic acids is 4. The highest BCUT2D eigenvalue weighted by atomic mass is 16.5. The molecule has 1 aliphatic carbocycles. The first-order valence-electron chi connectivity index (χ1n) is 9.60. The summed E-state index contributed by atoms with van der Waals surface area (Å²) in [5.41, 5.74) is -0.323. The second-order valence-corrected chi connectivity index (χ2v) is 7.61. The normalized spacial score (nSPS) is 17.7. The highest BCUT2D eigenvalue weighted by molar-refractivity contribution is 6.35. The number of anilines is 1. The minimum absolute atomic E-state index is 0.0708. The van der Waals surface area contributed by atoms with Crippen molar-refractivity contribution in [3.63, 3.8) is 0 Å². The van der Waals surface area contributed by atoms with Crippen LogP contribution in [-0.4, -0.2) is 30.5 Å². The maximum absolute atomic E-state index is 13.7. The van der Waals surface area contributed by atoms with E-state index < -0.39 is 23.0 Å². The molecule has 2 aromatic carbocycles. The molecular formula is C23H24N2O5. The fourth-order valence-electron chi connectivity index (χ4n) is 3.84. The van der Waals surface area contributed by atoms with Crippen LogP contribution in [0.1, 0.15) is 65.5 Å². The van der Waals surface area contributed by atoms with Gasteiger partial charge in [-0.1, -0.05) is 38.1 Å². The van der Waals surface area contributed by atoms with Gasteiger partial charge in [0.05, 0.1) is 18.4 Å². The maximum Gasteiger partial charge on any atom is 0.221 e. The van der Waals surface area contributed by atoms with Crippen LogP contribution in [0.15, 0.2) is 36.4 Å². The molecule has 1 aliphatic rings. The van der Waals surface area contributed by atoms with E-state index >= 15 is 0 Å². The molecule has 0 aromatic heterocycles. The topological polar surface area (TPSA) is 102 Å². The summed E-state index contributed by atoms with van der Waals surface area (Å²) in [5.74, 6) is -1.58. The number of fused-ring (bicyclic) bond motifs is 1. The SMILES string of the molecule is COc1cc(C(C)C)ccc1C1(NC(C)=O)C(=O)c2cccc(NC(C)=O)c2C1=O. The van der Waals surface area contributed by atoms with E-state index in [1.165, 1.54) is 27.0 Å². The van der Waals surface area contributed by atoms with E-state index in [1.54, 1.807) is 24.3 Å². The first kappa shape index (κ1) is 21.2. The summed E-state index contributed by atoms with van der Waals surface area (Å²) < 4.78 is 5.52. The van der Waals surface area contributed by atoms with Gasteiger partial charge in [0.2, 0.25) is 23.4 Å². The quantitative estimate of drug-likeness (QED) is 0.740. The first-order chi connectivity index (χ1) is 14.1. The third-order valence-corrected chi connectivity index (χ3v) is 5.19. The fourth-order valence-corrected chi connectivity index (χ4v) is 3.84. The largest absolute Gasteiger partial charge is 0.496 e. The molecule has 156 valence electrons. The minimum Gasteiger partial charge on any atom is -0.496 e. The van der Waals surface area contributed by atoms with Crippen LogP contribution in [0.5, 0.6) is 5.75 Å². The Hall–Kier alpha value is -3.48. The van der Waals surface area contributed by atoms with E-state index in [1.807, 2.05) is 19.9 Å². The van der Waals surface area contributed by atoms with Crippen LogP contribution in [0.25, 0.3) is 0 Å². The van der Waals surface area contributed by atoms with Crippen LogP contribution in [0.3, 0.4) is 0 Å². The maximum atomic E-state index is 13.7. The van der Waals surface area contributed by atoms with Gasteiger partial charge >= 0.3 is 0 Å². The Morgan fingerprint density at radius 1 is 1.00 bits per heavy atom. The molecule has 0 aliphatic heterocycles. The zero-order chi connectivity index (χ0) is 22.2. The molecule has 2 aromatic rings. The summed E-state index contributed by atoms with van der Waals surface area (Å²) >= 11 is 0. The molecule has 7 nitrogen and oxygen atoms in total. The van der Waals surface area contributed by atoms with Gasteiger partial charge in [0.25, 0.3) is 0 Å². The average molecular weight is 408 g/mol. The molecule has 0 radical (unpaired) electrons. The smallest absolute Gasteiger partial charge is 0.221 e. The van der Waals surface area contributed by atoms with Gasteiger partial charge in [-0.15, -0.1) is 0 Å². The van der Waals surface area contributed by atoms with Crippen molar-refractivity contribution in [2.45, 2.75) is 39.2 Å². The number of ether oxygens (including phenoxy) is 1. The molecular weight excluding hydrogens is 384 g/mol. The second-order valence-electron chi connectivity index (χ2n) is 7.61. The van der Waals surface area contributed by atoms with Gasteiger partial charge in [0, 0.05) is 25.0 Å². The van der Waals surface area contributed by atoms with E-state index in [4.69, 9.17) is 4.74 Å². The predicted molar refractivity (Wildman–Crippen MR) is 112 cm³/mol. The Morgan fingerprint density at radius 3 is 2.27 bits per heavy atom. The number of rotatable bonds is 5. The zero-order valence-electron chi connectivity index (χ0n) is 17.6. The third kappa shape index (κ3) is 3.26. The molecule has 0 saturated heterocycles. The van der Waals surface area contributed by atoms with Crippen molar-refractivity contribution in [3.05, 3.63) is 58.7 Å². The second kappa shape index (κ2) is 7.74. The van der Waals surface area contributed by atoms with E-state index in [0.717, 1.165) is 5.56 Å². The van der Waals surface area contributed by atoms with Crippen molar-refractivity contribution in [3.8, 4) is 5.75 Å². The molecule has 30 heavy (non-hydrogen) atoms. The van der Waals surface area contributed by atoms with Gasteiger partial charge in [-0.3, -0.25) is 19.2 Å². The molecule has 1 unspecified atom stereocenters. The molecule has 0 fully saturated rings. The lowest BCUT2D eigenvalue weighted by Crippen LogP contribution is -2.53. The fraction of sp³-hybridized carbons (Fsp3) is 0.304. The van der Waals surface area contributed by atoms with Crippen molar-refractivity contribution < 1.29 is 23.9 Å². The molecule has 2 N–H and O–H groups in total. The average Bonchev–Trinajstić information content (AvgIpc) is 2.89. The van der Waals surface area contributed by atoms with Crippen LogP contribution in [0.2, 0.25) is 0 Å². The van der Waals surface area contributed by atoms with E-state index in [-0.39, 0.29) is 34.2 Å². The van der Waals surface area contributed by atoms with Gasteiger partial charge in [0.15, 0.2) is 5.54 Å². The van der Waals surface area contributed by atoms with Crippen LogP contribution in [-0.2, 0) is 15.1 Å². The van der Waals surface area contributed by atoms with E-state index in [2.05, 4.69) is 10.6 Å². The number of hydrogen-bond donors (Lipinski definition) is 2. The Balaban J connectivity index is 2.30. The molecule has 1 atom stereocenters. The van der Waals surface area contributed by atoms with E-state index in [0.29, 0.717) is 5.75 Å². The lowest BCUT2D eigenvalue weighted by molar-refractivity contribution is -0.120.